The van der Waals surface area contributed by atoms with E-state index in [1.54, 1.807) is 0 Å². The van der Waals surface area contributed by atoms with Crippen molar-refractivity contribution in [1.82, 2.24) is 0 Å². The minimum atomic E-state index is 0.774. The van der Waals surface area contributed by atoms with Gasteiger partial charge in [-0.25, -0.2) is 0 Å². The maximum Gasteiger partial charge on any atom is 0.0940 e. The van der Waals surface area contributed by atoms with Gasteiger partial charge in [0.2, 0.25) is 0 Å². The first kappa shape index (κ1) is 10.8. The van der Waals surface area contributed by atoms with E-state index >= 15 is 0 Å². The zero-order chi connectivity index (χ0) is 10.2. The van der Waals surface area contributed by atoms with Crippen molar-refractivity contribution in [2.24, 2.45) is 10.7 Å². The summed E-state index contributed by atoms with van der Waals surface area (Å²) < 4.78 is 0. The minimum absolute atomic E-state index is 0.774. The third-order valence-electron chi connectivity index (χ3n) is 2.05. The summed E-state index contributed by atoms with van der Waals surface area (Å²) >= 11 is 0. The molecular formula is C12H18N2. The van der Waals surface area contributed by atoms with Crippen LogP contribution < -0.4 is 5.73 Å². The molecule has 76 valence electrons. The van der Waals surface area contributed by atoms with Crippen LogP contribution in [0.2, 0.25) is 0 Å². The lowest BCUT2D eigenvalue weighted by Crippen LogP contribution is -2.13. The quantitative estimate of drug-likeness (QED) is 0.562. The van der Waals surface area contributed by atoms with E-state index in [0.717, 1.165) is 31.6 Å². The molecule has 14 heavy (non-hydrogen) atoms. The summed E-state index contributed by atoms with van der Waals surface area (Å²) in [5, 5.41) is 0. The lowest BCUT2D eigenvalue weighted by atomic mass is 10.1. The largest absolute Gasteiger partial charge is 0.387 e. The summed E-state index contributed by atoms with van der Waals surface area (Å²) in [5.74, 6) is 0.774. The average molecular weight is 190 g/mol. The maximum absolute atomic E-state index is 5.76. The van der Waals surface area contributed by atoms with Crippen molar-refractivity contribution >= 4 is 5.84 Å². The van der Waals surface area contributed by atoms with Crippen LogP contribution in [0.1, 0.15) is 25.3 Å². The summed E-state index contributed by atoms with van der Waals surface area (Å²) in [6.45, 7) is 2.95. The summed E-state index contributed by atoms with van der Waals surface area (Å²) in [6, 6.07) is 10.4. The minimum Gasteiger partial charge on any atom is -0.387 e. The zero-order valence-corrected chi connectivity index (χ0v) is 8.74. The van der Waals surface area contributed by atoms with Crippen LogP contribution >= 0.6 is 0 Å². The Morgan fingerprint density at radius 1 is 1.29 bits per heavy atom. The van der Waals surface area contributed by atoms with E-state index < -0.39 is 0 Å². The van der Waals surface area contributed by atoms with Gasteiger partial charge in [0.1, 0.15) is 0 Å². The zero-order valence-electron chi connectivity index (χ0n) is 8.74. The molecule has 0 atom stereocenters. The van der Waals surface area contributed by atoms with Gasteiger partial charge in [-0.2, -0.15) is 0 Å². The Kier molecular flexibility index (Phi) is 4.76. The number of hydrogen-bond donors (Lipinski definition) is 1. The number of amidine groups is 1. The van der Waals surface area contributed by atoms with E-state index in [-0.39, 0.29) is 0 Å². The van der Waals surface area contributed by atoms with Gasteiger partial charge in [0.25, 0.3) is 0 Å². The monoisotopic (exact) mass is 190 g/mol. The van der Waals surface area contributed by atoms with Crippen LogP contribution in [0.4, 0.5) is 0 Å². The van der Waals surface area contributed by atoms with Crippen LogP contribution in [0.3, 0.4) is 0 Å². The molecule has 1 aromatic rings. The Balaban J connectivity index is 2.34. The predicted octanol–water partition coefficient (Wildman–Crippen LogP) is 2.39. The molecule has 0 fully saturated rings. The number of rotatable bonds is 5. The Bertz CT molecular complexity index is 278. The van der Waals surface area contributed by atoms with Gasteiger partial charge >= 0.3 is 0 Å². The van der Waals surface area contributed by atoms with Crippen LogP contribution in [-0.4, -0.2) is 12.4 Å². The van der Waals surface area contributed by atoms with E-state index in [4.69, 9.17) is 5.73 Å². The van der Waals surface area contributed by atoms with E-state index in [9.17, 15) is 0 Å². The number of aryl methyl sites for hydroxylation is 1. The molecule has 0 aliphatic carbocycles. The van der Waals surface area contributed by atoms with Gasteiger partial charge in [0, 0.05) is 13.0 Å². The lowest BCUT2D eigenvalue weighted by Gasteiger charge is -2.01. The van der Waals surface area contributed by atoms with Crippen LogP contribution in [0.15, 0.2) is 35.3 Å². The van der Waals surface area contributed by atoms with Crippen LogP contribution in [0.5, 0.6) is 0 Å². The molecule has 1 aromatic carbocycles. The smallest absolute Gasteiger partial charge is 0.0940 e. The standard InChI is InChI=1S/C12H18N2/c1-2-10-14-12(13)9-8-11-6-4-3-5-7-11/h3-7H,2,8-10H2,1H3,(H2,13,14). The second kappa shape index (κ2) is 6.19. The average Bonchev–Trinajstić information content (AvgIpc) is 2.25. The summed E-state index contributed by atoms with van der Waals surface area (Å²) in [4.78, 5) is 4.25. The highest BCUT2D eigenvalue weighted by Crippen LogP contribution is 2.02. The molecule has 0 aliphatic heterocycles. The molecular weight excluding hydrogens is 172 g/mol. The van der Waals surface area contributed by atoms with E-state index in [1.807, 2.05) is 6.07 Å². The Morgan fingerprint density at radius 2 is 2.00 bits per heavy atom. The second-order valence-electron chi connectivity index (χ2n) is 3.36. The molecule has 0 bridgehead atoms. The molecule has 2 N–H and O–H groups in total. The summed E-state index contributed by atoms with van der Waals surface area (Å²) in [6.07, 6.45) is 2.91. The fourth-order valence-corrected chi connectivity index (χ4v) is 1.25. The van der Waals surface area contributed by atoms with Crippen LogP contribution in [0.25, 0.3) is 0 Å². The maximum atomic E-state index is 5.76. The highest BCUT2D eigenvalue weighted by Gasteiger charge is 1.94. The van der Waals surface area contributed by atoms with Crippen molar-refractivity contribution in [3.8, 4) is 0 Å². The summed E-state index contributed by atoms with van der Waals surface area (Å²) in [7, 11) is 0. The first-order valence-corrected chi connectivity index (χ1v) is 5.15. The highest BCUT2D eigenvalue weighted by molar-refractivity contribution is 5.80. The number of benzene rings is 1. The normalized spacial score (nSPS) is 11.6. The van der Waals surface area contributed by atoms with Gasteiger partial charge in [-0.15, -0.1) is 0 Å². The molecule has 1 rings (SSSR count). The number of aliphatic imine (C=N–C) groups is 1. The molecule has 0 aliphatic rings. The number of hydrogen-bond acceptors (Lipinski definition) is 1. The van der Waals surface area contributed by atoms with Gasteiger partial charge in [0.05, 0.1) is 5.84 Å². The van der Waals surface area contributed by atoms with Crippen LogP contribution in [0, 0.1) is 0 Å². The van der Waals surface area contributed by atoms with Gasteiger partial charge in [-0.05, 0) is 18.4 Å². The molecule has 0 amide bonds. The Labute approximate surface area is 85.9 Å². The van der Waals surface area contributed by atoms with Gasteiger partial charge < -0.3 is 5.73 Å². The van der Waals surface area contributed by atoms with Crippen molar-refractivity contribution in [3.63, 3.8) is 0 Å². The molecule has 0 radical (unpaired) electrons. The van der Waals surface area contributed by atoms with E-state index in [0.29, 0.717) is 0 Å². The predicted molar refractivity (Wildman–Crippen MR) is 61.5 cm³/mol. The van der Waals surface area contributed by atoms with Crippen molar-refractivity contribution in [1.29, 1.82) is 0 Å². The molecule has 0 aromatic heterocycles. The molecule has 0 unspecified atom stereocenters. The Morgan fingerprint density at radius 3 is 2.64 bits per heavy atom. The first-order chi connectivity index (χ1) is 6.83. The molecule has 2 nitrogen and oxygen atoms in total. The topological polar surface area (TPSA) is 38.4 Å². The van der Waals surface area contributed by atoms with Crippen molar-refractivity contribution in [3.05, 3.63) is 35.9 Å². The summed E-state index contributed by atoms with van der Waals surface area (Å²) in [5.41, 5.74) is 7.08. The lowest BCUT2D eigenvalue weighted by molar-refractivity contribution is 0.912. The fourth-order valence-electron chi connectivity index (χ4n) is 1.25. The second-order valence-corrected chi connectivity index (χ2v) is 3.36. The van der Waals surface area contributed by atoms with Crippen molar-refractivity contribution < 1.29 is 0 Å². The fraction of sp³-hybridized carbons (Fsp3) is 0.417. The molecule has 0 spiro atoms. The van der Waals surface area contributed by atoms with Crippen LogP contribution in [-0.2, 0) is 6.42 Å². The molecule has 2 heteroatoms. The molecule has 0 saturated heterocycles. The number of nitrogens with two attached hydrogens (primary N) is 1. The van der Waals surface area contributed by atoms with Crippen molar-refractivity contribution in [2.75, 3.05) is 6.54 Å². The van der Waals surface area contributed by atoms with Crippen molar-refractivity contribution in [2.45, 2.75) is 26.2 Å². The third-order valence-corrected chi connectivity index (χ3v) is 2.05. The van der Waals surface area contributed by atoms with Gasteiger partial charge in [-0.3, -0.25) is 4.99 Å². The third kappa shape index (κ3) is 4.08. The van der Waals surface area contributed by atoms with E-state index in [1.165, 1.54) is 5.56 Å². The number of nitrogens with zero attached hydrogens (tertiary/aromatic N) is 1. The van der Waals surface area contributed by atoms with Gasteiger partial charge in [0.15, 0.2) is 0 Å². The van der Waals surface area contributed by atoms with Gasteiger partial charge in [-0.1, -0.05) is 37.3 Å². The highest BCUT2D eigenvalue weighted by atomic mass is 14.8. The molecule has 0 heterocycles. The Hall–Kier alpha value is -1.31. The first-order valence-electron chi connectivity index (χ1n) is 5.15. The molecule has 0 saturated carbocycles. The van der Waals surface area contributed by atoms with E-state index in [2.05, 4.69) is 36.2 Å². The SMILES string of the molecule is CCCN=C(N)CCc1ccccc1.